The predicted octanol–water partition coefficient (Wildman–Crippen LogP) is 0.888. The van der Waals surface area contributed by atoms with Gasteiger partial charge in [-0.05, 0) is 12.5 Å². The van der Waals surface area contributed by atoms with E-state index in [1.807, 2.05) is 0 Å². The fraction of sp³-hybridized carbons (Fsp3) is 0.429. The molecular formula is C14H17FN4O3S. The van der Waals surface area contributed by atoms with Crippen LogP contribution >= 0.6 is 0 Å². The van der Waals surface area contributed by atoms with Crippen LogP contribution in [0, 0.1) is 12.7 Å². The number of hydrogen-bond donors (Lipinski definition) is 2. The summed E-state index contributed by atoms with van der Waals surface area (Å²) in [5.74, 6) is 0.406. The normalized spacial score (nSPS) is 21.4. The van der Waals surface area contributed by atoms with E-state index in [0.717, 1.165) is 0 Å². The second-order valence-electron chi connectivity index (χ2n) is 5.46. The Morgan fingerprint density at radius 2 is 2.26 bits per heavy atom. The van der Waals surface area contributed by atoms with Crippen LogP contribution in [0.1, 0.15) is 29.7 Å². The van der Waals surface area contributed by atoms with Crippen LogP contribution in [0.3, 0.4) is 0 Å². The van der Waals surface area contributed by atoms with Gasteiger partial charge in [0.05, 0.1) is 11.8 Å². The molecule has 7 nitrogen and oxygen atoms in total. The number of halogens is 1. The maximum Gasteiger partial charge on any atom is 0.223 e. The van der Waals surface area contributed by atoms with Crippen LogP contribution in [0.15, 0.2) is 28.8 Å². The fourth-order valence-electron chi connectivity index (χ4n) is 2.55. The van der Waals surface area contributed by atoms with Crippen LogP contribution in [0.4, 0.5) is 4.39 Å². The van der Waals surface area contributed by atoms with Crippen LogP contribution in [-0.4, -0.2) is 36.9 Å². The van der Waals surface area contributed by atoms with Crippen molar-refractivity contribution in [3.05, 3.63) is 47.4 Å². The quantitative estimate of drug-likeness (QED) is 0.839. The first-order valence-electron chi connectivity index (χ1n) is 7.22. The van der Waals surface area contributed by atoms with E-state index in [1.165, 1.54) is 6.07 Å². The van der Waals surface area contributed by atoms with E-state index in [2.05, 4.69) is 20.2 Å². The maximum absolute atomic E-state index is 14.1. The first kappa shape index (κ1) is 16.0. The van der Waals surface area contributed by atoms with Gasteiger partial charge in [-0.2, -0.15) is 4.98 Å². The monoisotopic (exact) mass is 340 g/mol. The zero-order chi connectivity index (χ0) is 16.4. The molecule has 2 N–H and O–H groups in total. The SMILES string of the molecule is Cc1nc(C(NCC2CCS(=O)(=O)N2)c2ccccc2F)no1. The lowest BCUT2D eigenvalue weighted by atomic mass is 10.0. The minimum Gasteiger partial charge on any atom is -0.340 e. The Morgan fingerprint density at radius 3 is 2.87 bits per heavy atom. The highest BCUT2D eigenvalue weighted by Crippen LogP contribution is 2.22. The summed E-state index contributed by atoms with van der Waals surface area (Å²) >= 11 is 0. The first-order chi connectivity index (χ1) is 10.9. The number of rotatable bonds is 5. The second kappa shape index (κ2) is 6.34. The molecule has 0 radical (unpaired) electrons. The summed E-state index contributed by atoms with van der Waals surface area (Å²) in [6, 6.07) is 5.47. The summed E-state index contributed by atoms with van der Waals surface area (Å²) in [5.41, 5.74) is 0.383. The molecule has 23 heavy (non-hydrogen) atoms. The van der Waals surface area contributed by atoms with Crippen LogP contribution in [-0.2, 0) is 10.0 Å². The van der Waals surface area contributed by atoms with Crippen LogP contribution < -0.4 is 10.0 Å². The highest BCUT2D eigenvalue weighted by Gasteiger charge is 2.29. The van der Waals surface area contributed by atoms with Crippen LogP contribution in [0.2, 0.25) is 0 Å². The third kappa shape index (κ3) is 3.74. The first-order valence-corrected chi connectivity index (χ1v) is 8.88. The molecule has 1 saturated heterocycles. The van der Waals surface area contributed by atoms with Gasteiger partial charge in [0.1, 0.15) is 5.82 Å². The van der Waals surface area contributed by atoms with Crippen molar-refractivity contribution in [3.63, 3.8) is 0 Å². The standard InChI is InChI=1S/C14H17FN4O3S/c1-9-17-14(18-22-9)13(11-4-2-3-5-12(11)15)16-8-10-6-7-23(20,21)19-10/h2-5,10,13,16,19H,6-8H2,1H3. The molecule has 0 aliphatic carbocycles. The fourth-order valence-corrected chi connectivity index (χ4v) is 3.98. The lowest BCUT2D eigenvalue weighted by Gasteiger charge is -2.18. The predicted molar refractivity (Wildman–Crippen MR) is 80.6 cm³/mol. The molecule has 0 saturated carbocycles. The average Bonchev–Trinajstić information content (AvgIpc) is 3.07. The van der Waals surface area contributed by atoms with Crippen molar-refractivity contribution in [2.45, 2.75) is 25.4 Å². The number of nitrogens with zero attached hydrogens (tertiary/aromatic N) is 2. The van der Waals surface area contributed by atoms with Crippen molar-refractivity contribution in [2.75, 3.05) is 12.3 Å². The smallest absolute Gasteiger partial charge is 0.223 e. The molecule has 0 amide bonds. The van der Waals surface area contributed by atoms with Crippen molar-refractivity contribution in [3.8, 4) is 0 Å². The Balaban J connectivity index is 1.80. The summed E-state index contributed by atoms with van der Waals surface area (Å²) in [6.45, 7) is 1.99. The van der Waals surface area contributed by atoms with Crippen LogP contribution in [0.5, 0.6) is 0 Å². The maximum atomic E-state index is 14.1. The van der Waals surface area contributed by atoms with Crippen molar-refractivity contribution in [1.82, 2.24) is 20.2 Å². The van der Waals surface area contributed by atoms with Gasteiger partial charge in [-0.25, -0.2) is 17.5 Å². The number of aryl methyl sites for hydroxylation is 1. The number of benzene rings is 1. The van der Waals surface area contributed by atoms with E-state index in [9.17, 15) is 12.8 Å². The summed E-state index contributed by atoms with van der Waals surface area (Å²) in [6.07, 6.45) is 0.505. The van der Waals surface area contributed by atoms with Crippen LogP contribution in [0.25, 0.3) is 0 Å². The van der Waals surface area contributed by atoms with Gasteiger partial charge in [-0.15, -0.1) is 0 Å². The molecule has 1 aliphatic rings. The van der Waals surface area contributed by atoms with Gasteiger partial charge in [-0.3, -0.25) is 0 Å². The Labute approximate surface area is 133 Å². The Morgan fingerprint density at radius 1 is 1.48 bits per heavy atom. The molecule has 3 rings (SSSR count). The van der Waals surface area contributed by atoms with Gasteiger partial charge in [0.2, 0.25) is 15.9 Å². The number of nitrogens with one attached hydrogen (secondary N) is 2. The van der Waals surface area contributed by atoms with Crippen molar-refractivity contribution in [1.29, 1.82) is 0 Å². The summed E-state index contributed by atoms with van der Waals surface area (Å²) in [5, 5.41) is 6.99. The van der Waals surface area contributed by atoms with E-state index in [1.54, 1.807) is 25.1 Å². The van der Waals surface area contributed by atoms with E-state index in [-0.39, 0.29) is 17.6 Å². The minimum atomic E-state index is -3.19. The molecular weight excluding hydrogens is 323 g/mol. The van der Waals surface area contributed by atoms with E-state index >= 15 is 0 Å². The van der Waals surface area contributed by atoms with Gasteiger partial charge < -0.3 is 9.84 Å². The average molecular weight is 340 g/mol. The van der Waals surface area contributed by atoms with Crippen molar-refractivity contribution >= 4 is 10.0 Å². The highest BCUT2D eigenvalue weighted by molar-refractivity contribution is 7.89. The van der Waals surface area contributed by atoms with E-state index in [0.29, 0.717) is 30.2 Å². The minimum absolute atomic E-state index is 0.102. The summed E-state index contributed by atoms with van der Waals surface area (Å²) in [7, 11) is -3.19. The van der Waals surface area contributed by atoms with Gasteiger partial charge >= 0.3 is 0 Å². The Bertz CT molecular complexity index is 793. The Kier molecular flexibility index (Phi) is 4.42. The lowest BCUT2D eigenvalue weighted by molar-refractivity contribution is 0.379. The second-order valence-corrected chi connectivity index (χ2v) is 7.33. The van der Waals surface area contributed by atoms with E-state index in [4.69, 9.17) is 4.52 Å². The molecule has 124 valence electrons. The molecule has 1 aromatic heterocycles. The molecule has 1 aromatic carbocycles. The zero-order valence-electron chi connectivity index (χ0n) is 12.5. The Hall–Kier alpha value is -1.84. The molecule has 9 heteroatoms. The molecule has 1 fully saturated rings. The zero-order valence-corrected chi connectivity index (χ0v) is 13.3. The topological polar surface area (TPSA) is 97.1 Å². The lowest BCUT2D eigenvalue weighted by Crippen LogP contribution is -2.38. The van der Waals surface area contributed by atoms with Gasteiger partial charge in [0.25, 0.3) is 0 Å². The van der Waals surface area contributed by atoms with Gasteiger partial charge in [-0.1, -0.05) is 23.4 Å². The van der Waals surface area contributed by atoms with Gasteiger partial charge in [0, 0.05) is 25.1 Å². The highest BCUT2D eigenvalue weighted by atomic mass is 32.2. The number of aromatic nitrogens is 2. The molecule has 2 atom stereocenters. The molecule has 2 heterocycles. The molecule has 0 bridgehead atoms. The number of sulfonamides is 1. The third-order valence-corrected chi connectivity index (χ3v) is 5.13. The van der Waals surface area contributed by atoms with E-state index < -0.39 is 16.1 Å². The largest absolute Gasteiger partial charge is 0.340 e. The molecule has 0 spiro atoms. The van der Waals surface area contributed by atoms with Crippen molar-refractivity contribution in [2.24, 2.45) is 0 Å². The molecule has 2 unspecified atom stereocenters. The molecule has 1 aliphatic heterocycles. The van der Waals surface area contributed by atoms with Gasteiger partial charge in [0.15, 0.2) is 5.82 Å². The summed E-state index contributed by atoms with van der Waals surface area (Å²) in [4.78, 5) is 4.16. The van der Waals surface area contributed by atoms with Crippen molar-refractivity contribution < 1.29 is 17.3 Å². The molecule has 2 aromatic rings. The number of hydrogen-bond acceptors (Lipinski definition) is 6. The third-order valence-electron chi connectivity index (χ3n) is 3.67. The summed E-state index contributed by atoms with van der Waals surface area (Å²) < 4.78 is 44.5.